The highest BCUT2D eigenvalue weighted by molar-refractivity contribution is 5.85. The van der Waals surface area contributed by atoms with Crippen LogP contribution < -0.4 is 10.6 Å². The summed E-state index contributed by atoms with van der Waals surface area (Å²) >= 11 is 0. The second-order valence-electron chi connectivity index (χ2n) is 4.24. The van der Waals surface area contributed by atoms with Crippen LogP contribution in [-0.2, 0) is 6.54 Å². The Balaban J connectivity index is 1.88. The molecule has 2 heterocycles. The predicted octanol–water partition coefficient (Wildman–Crippen LogP) is 2.07. The van der Waals surface area contributed by atoms with Crippen LogP contribution in [0.5, 0.6) is 0 Å². The Kier molecular flexibility index (Phi) is 3.36. The SMILES string of the molecule is CNc1ncc2c(NCc3ccccc3)ncnc2n1. The second kappa shape index (κ2) is 5.48. The normalized spacial score (nSPS) is 10.4. The van der Waals surface area contributed by atoms with Crippen LogP contribution in [0.25, 0.3) is 11.0 Å². The number of nitrogens with zero attached hydrogens (tertiary/aromatic N) is 4. The van der Waals surface area contributed by atoms with Crippen molar-refractivity contribution in [2.75, 3.05) is 17.7 Å². The second-order valence-corrected chi connectivity index (χ2v) is 4.24. The molecule has 2 N–H and O–H groups in total. The van der Waals surface area contributed by atoms with Gasteiger partial charge in [-0.1, -0.05) is 30.3 Å². The first-order valence-electron chi connectivity index (χ1n) is 6.30. The number of hydrogen-bond donors (Lipinski definition) is 2. The molecule has 3 aromatic rings. The molecule has 6 heteroatoms. The lowest BCUT2D eigenvalue weighted by atomic mass is 10.2. The number of rotatable bonds is 4. The number of benzene rings is 1. The molecule has 0 atom stereocenters. The number of anilines is 2. The zero-order valence-corrected chi connectivity index (χ0v) is 11.0. The third-order valence-corrected chi connectivity index (χ3v) is 2.92. The fourth-order valence-corrected chi connectivity index (χ4v) is 1.89. The van der Waals surface area contributed by atoms with Crippen molar-refractivity contribution < 1.29 is 0 Å². The Morgan fingerprint density at radius 3 is 2.70 bits per heavy atom. The molecule has 0 aliphatic heterocycles. The average molecular weight is 266 g/mol. The zero-order chi connectivity index (χ0) is 13.8. The van der Waals surface area contributed by atoms with Crippen molar-refractivity contribution in [2.45, 2.75) is 6.54 Å². The van der Waals surface area contributed by atoms with Crippen molar-refractivity contribution in [3.05, 3.63) is 48.4 Å². The maximum atomic E-state index is 4.30. The van der Waals surface area contributed by atoms with Crippen LogP contribution in [0.2, 0.25) is 0 Å². The molecule has 0 spiro atoms. The van der Waals surface area contributed by atoms with Gasteiger partial charge in [-0.15, -0.1) is 0 Å². The summed E-state index contributed by atoms with van der Waals surface area (Å²) in [5.41, 5.74) is 1.81. The molecule has 0 bridgehead atoms. The van der Waals surface area contributed by atoms with E-state index < -0.39 is 0 Å². The molecule has 0 saturated carbocycles. The third-order valence-electron chi connectivity index (χ3n) is 2.92. The molecule has 0 unspecified atom stereocenters. The zero-order valence-electron chi connectivity index (χ0n) is 11.0. The van der Waals surface area contributed by atoms with E-state index in [2.05, 4.69) is 42.7 Å². The predicted molar refractivity (Wildman–Crippen MR) is 78.4 cm³/mol. The van der Waals surface area contributed by atoms with Crippen molar-refractivity contribution >= 4 is 22.8 Å². The third kappa shape index (κ3) is 2.49. The maximum Gasteiger partial charge on any atom is 0.224 e. The summed E-state index contributed by atoms with van der Waals surface area (Å²) < 4.78 is 0. The molecule has 2 aromatic heterocycles. The highest BCUT2D eigenvalue weighted by Crippen LogP contribution is 2.18. The summed E-state index contributed by atoms with van der Waals surface area (Å²) in [4.78, 5) is 16.9. The summed E-state index contributed by atoms with van der Waals surface area (Å²) in [7, 11) is 1.77. The molecule has 0 radical (unpaired) electrons. The molecular formula is C14H14N6. The minimum absolute atomic E-state index is 0.546. The van der Waals surface area contributed by atoms with Gasteiger partial charge in [-0.3, -0.25) is 0 Å². The number of aromatic nitrogens is 4. The van der Waals surface area contributed by atoms with Gasteiger partial charge in [0.1, 0.15) is 12.1 Å². The highest BCUT2D eigenvalue weighted by Gasteiger charge is 2.06. The minimum atomic E-state index is 0.546. The Morgan fingerprint density at radius 1 is 1.05 bits per heavy atom. The maximum absolute atomic E-state index is 4.30. The lowest BCUT2D eigenvalue weighted by Crippen LogP contribution is -2.04. The van der Waals surface area contributed by atoms with Crippen LogP contribution in [0.3, 0.4) is 0 Å². The number of nitrogens with one attached hydrogen (secondary N) is 2. The summed E-state index contributed by atoms with van der Waals surface area (Å²) in [6, 6.07) is 10.1. The van der Waals surface area contributed by atoms with Gasteiger partial charge in [0.05, 0.1) is 5.39 Å². The summed E-state index contributed by atoms with van der Waals surface area (Å²) in [5.74, 6) is 1.28. The molecule has 3 rings (SSSR count). The Morgan fingerprint density at radius 2 is 1.90 bits per heavy atom. The van der Waals surface area contributed by atoms with Crippen molar-refractivity contribution in [3.8, 4) is 0 Å². The lowest BCUT2D eigenvalue weighted by molar-refractivity contribution is 1.08. The van der Waals surface area contributed by atoms with E-state index >= 15 is 0 Å². The molecule has 0 amide bonds. The number of fused-ring (bicyclic) bond motifs is 1. The largest absolute Gasteiger partial charge is 0.365 e. The van der Waals surface area contributed by atoms with E-state index in [4.69, 9.17) is 0 Å². The van der Waals surface area contributed by atoms with E-state index in [-0.39, 0.29) is 0 Å². The quantitative estimate of drug-likeness (QED) is 0.753. The van der Waals surface area contributed by atoms with Crippen molar-refractivity contribution in [2.24, 2.45) is 0 Å². The van der Waals surface area contributed by atoms with Crippen molar-refractivity contribution in [3.63, 3.8) is 0 Å². The number of hydrogen-bond acceptors (Lipinski definition) is 6. The molecule has 100 valence electrons. The van der Waals surface area contributed by atoms with E-state index in [0.717, 1.165) is 11.2 Å². The smallest absolute Gasteiger partial charge is 0.224 e. The van der Waals surface area contributed by atoms with Gasteiger partial charge in [0.25, 0.3) is 0 Å². The Hall–Kier alpha value is -2.76. The fourth-order valence-electron chi connectivity index (χ4n) is 1.89. The van der Waals surface area contributed by atoms with Crippen LogP contribution in [0.15, 0.2) is 42.9 Å². The molecule has 0 fully saturated rings. The monoisotopic (exact) mass is 266 g/mol. The van der Waals surface area contributed by atoms with Crippen molar-refractivity contribution in [1.82, 2.24) is 19.9 Å². The Bertz CT molecular complexity index is 713. The van der Waals surface area contributed by atoms with Crippen LogP contribution in [0.1, 0.15) is 5.56 Å². The Labute approximate surface area is 116 Å². The van der Waals surface area contributed by atoms with Crippen molar-refractivity contribution in [1.29, 1.82) is 0 Å². The molecule has 0 aliphatic carbocycles. The van der Waals surface area contributed by atoms with E-state index in [0.29, 0.717) is 18.1 Å². The lowest BCUT2D eigenvalue weighted by Gasteiger charge is -2.08. The van der Waals surface area contributed by atoms with Crippen LogP contribution in [0.4, 0.5) is 11.8 Å². The van der Waals surface area contributed by atoms with Gasteiger partial charge in [-0.2, -0.15) is 4.98 Å². The van der Waals surface area contributed by atoms with Gasteiger partial charge >= 0.3 is 0 Å². The standard InChI is InChI=1S/C14H14N6/c1-15-14-17-8-11-12(18-9-19-13(11)20-14)16-7-10-5-3-2-4-6-10/h2-6,8-9H,7H2,1H3,(H2,15,16,17,18,19,20). The highest BCUT2D eigenvalue weighted by atomic mass is 15.1. The van der Waals surface area contributed by atoms with Crippen LogP contribution in [0, 0.1) is 0 Å². The van der Waals surface area contributed by atoms with E-state index in [1.807, 2.05) is 18.2 Å². The summed E-state index contributed by atoms with van der Waals surface area (Å²) in [6.45, 7) is 0.695. The van der Waals surface area contributed by atoms with Gasteiger partial charge in [0.15, 0.2) is 5.65 Å². The molecule has 6 nitrogen and oxygen atoms in total. The van der Waals surface area contributed by atoms with Gasteiger partial charge in [-0.05, 0) is 5.56 Å². The first-order chi connectivity index (χ1) is 9.86. The summed E-state index contributed by atoms with van der Waals surface area (Å²) in [5, 5.41) is 6.99. The molecule has 1 aromatic carbocycles. The van der Waals surface area contributed by atoms with E-state index in [1.54, 1.807) is 13.2 Å². The topological polar surface area (TPSA) is 75.6 Å². The van der Waals surface area contributed by atoms with Crippen LogP contribution >= 0.6 is 0 Å². The first-order valence-corrected chi connectivity index (χ1v) is 6.30. The minimum Gasteiger partial charge on any atom is -0.365 e. The van der Waals surface area contributed by atoms with Gasteiger partial charge in [-0.25, -0.2) is 15.0 Å². The van der Waals surface area contributed by atoms with Gasteiger partial charge in [0.2, 0.25) is 5.95 Å². The van der Waals surface area contributed by atoms with Gasteiger partial charge < -0.3 is 10.6 Å². The molecular weight excluding hydrogens is 252 g/mol. The average Bonchev–Trinajstić information content (AvgIpc) is 2.53. The molecule has 0 saturated heterocycles. The van der Waals surface area contributed by atoms with Gasteiger partial charge in [0, 0.05) is 19.8 Å². The van der Waals surface area contributed by atoms with E-state index in [1.165, 1.54) is 11.9 Å². The van der Waals surface area contributed by atoms with E-state index in [9.17, 15) is 0 Å². The summed E-state index contributed by atoms with van der Waals surface area (Å²) in [6.07, 6.45) is 3.23. The molecule has 20 heavy (non-hydrogen) atoms. The first kappa shape index (κ1) is 12.3. The van der Waals surface area contributed by atoms with Crippen LogP contribution in [-0.4, -0.2) is 27.0 Å². The fraction of sp³-hybridized carbons (Fsp3) is 0.143. The molecule has 0 aliphatic rings.